The molecule has 0 spiro atoms. The summed E-state index contributed by atoms with van der Waals surface area (Å²) in [6.45, 7) is 0.222. The van der Waals surface area contributed by atoms with Gasteiger partial charge in [-0.25, -0.2) is 8.42 Å². The summed E-state index contributed by atoms with van der Waals surface area (Å²) < 4.78 is 30.3. The van der Waals surface area contributed by atoms with E-state index in [1.165, 1.54) is 11.4 Å². The molecule has 6 nitrogen and oxygen atoms in total. The van der Waals surface area contributed by atoms with Gasteiger partial charge in [0.2, 0.25) is 15.9 Å². The molecule has 2 rings (SSSR count). The number of hydrogen-bond acceptors (Lipinski definition) is 4. The largest absolute Gasteiger partial charge is 0.495 e. The molecule has 26 heavy (non-hydrogen) atoms. The van der Waals surface area contributed by atoms with E-state index in [2.05, 4.69) is 5.32 Å². The third-order valence-corrected chi connectivity index (χ3v) is 5.13. The summed E-state index contributed by atoms with van der Waals surface area (Å²) in [5.41, 5.74) is 1.14. The minimum absolute atomic E-state index is 0.183. The highest BCUT2D eigenvalue weighted by Crippen LogP contribution is 2.27. The molecular formula is C18H21ClN2O4S. The molecule has 0 aliphatic rings. The van der Waals surface area contributed by atoms with Crippen molar-refractivity contribution in [1.29, 1.82) is 0 Å². The quantitative estimate of drug-likeness (QED) is 0.740. The van der Waals surface area contributed by atoms with Gasteiger partial charge < -0.3 is 10.1 Å². The van der Waals surface area contributed by atoms with E-state index >= 15 is 0 Å². The number of hydrogen-bond donors (Lipinski definition) is 1. The van der Waals surface area contributed by atoms with E-state index in [9.17, 15) is 13.2 Å². The third-order valence-electron chi connectivity index (χ3n) is 3.65. The third kappa shape index (κ3) is 5.64. The first-order valence-corrected chi connectivity index (χ1v) is 10.2. The molecule has 140 valence electrons. The van der Waals surface area contributed by atoms with Crippen LogP contribution in [0.15, 0.2) is 48.5 Å². The standard InChI is InChI=1S/C18H21ClN2O4S/c1-25-17-11-10-14(13-16(17)19)20-18(22)9-6-12-21(26(2,23)24)15-7-4-3-5-8-15/h3-5,7-8,10-11,13H,6,9,12H2,1-2H3,(H,20,22). The molecule has 8 heteroatoms. The van der Waals surface area contributed by atoms with Crippen LogP contribution in [0.2, 0.25) is 5.02 Å². The fraction of sp³-hybridized carbons (Fsp3) is 0.278. The maximum atomic E-state index is 12.1. The van der Waals surface area contributed by atoms with Crippen LogP contribution in [0.1, 0.15) is 12.8 Å². The number of anilines is 2. The van der Waals surface area contributed by atoms with E-state index in [1.54, 1.807) is 42.5 Å². The number of halogens is 1. The number of amides is 1. The van der Waals surface area contributed by atoms with Crippen LogP contribution in [0.25, 0.3) is 0 Å². The van der Waals surface area contributed by atoms with Crippen LogP contribution in [0, 0.1) is 0 Å². The molecule has 1 amide bonds. The van der Waals surface area contributed by atoms with Crippen molar-refractivity contribution in [2.24, 2.45) is 0 Å². The monoisotopic (exact) mass is 396 g/mol. The SMILES string of the molecule is COc1ccc(NC(=O)CCCN(c2ccccc2)S(C)(=O)=O)cc1Cl. The Labute approximate surface area is 158 Å². The normalized spacial score (nSPS) is 11.0. The Bertz CT molecular complexity index is 857. The second-order valence-corrected chi connectivity index (χ2v) is 7.99. The Morgan fingerprint density at radius 3 is 2.46 bits per heavy atom. The average molecular weight is 397 g/mol. The Kier molecular flexibility index (Phi) is 6.88. The Morgan fingerprint density at radius 1 is 1.19 bits per heavy atom. The van der Waals surface area contributed by atoms with Crippen molar-refractivity contribution in [3.63, 3.8) is 0 Å². The molecule has 0 bridgehead atoms. The molecule has 0 aliphatic heterocycles. The van der Waals surface area contributed by atoms with Crippen LogP contribution in [0.5, 0.6) is 5.75 Å². The lowest BCUT2D eigenvalue weighted by molar-refractivity contribution is -0.116. The molecule has 1 N–H and O–H groups in total. The van der Waals surface area contributed by atoms with Gasteiger partial charge in [-0.05, 0) is 36.8 Å². The predicted molar refractivity (Wildman–Crippen MR) is 104 cm³/mol. The van der Waals surface area contributed by atoms with Crippen LogP contribution in [0.4, 0.5) is 11.4 Å². The summed E-state index contributed by atoms with van der Waals surface area (Å²) in [6, 6.07) is 13.8. The molecule has 0 aliphatic carbocycles. The lowest BCUT2D eigenvalue weighted by atomic mass is 10.2. The minimum Gasteiger partial charge on any atom is -0.495 e. The van der Waals surface area contributed by atoms with Crippen LogP contribution in [-0.2, 0) is 14.8 Å². The Balaban J connectivity index is 1.93. The van der Waals surface area contributed by atoms with Gasteiger partial charge in [-0.2, -0.15) is 0 Å². The molecule has 0 aromatic heterocycles. The van der Waals surface area contributed by atoms with Gasteiger partial charge in [-0.15, -0.1) is 0 Å². The number of ether oxygens (including phenoxy) is 1. The summed E-state index contributed by atoms with van der Waals surface area (Å²) in [5.74, 6) is 0.309. The number of nitrogens with one attached hydrogen (secondary N) is 1. The predicted octanol–water partition coefficient (Wildman–Crippen LogP) is 3.53. The van der Waals surface area contributed by atoms with Gasteiger partial charge in [-0.3, -0.25) is 9.10 Å². The molecule has 0 radical (unpaired) electrons. The first kappa shape index (κ1) is 20.1. The number of carbonyl (C=O) groups is 1. The van der Waals surface area contributed by atoms with Crippen LogP contribution >= 0.6 is 11.6 Å². The molecule has 0 unspecified atom stereocenters. The van der Waals surface area contributed by atoms with Crippen LogP contribution < -0.4 is 14.4 Å². The first-order chi connectivity index (χ1) is 12.3. The number of nitrogens with zero attached hydrogens (tertiary/aromatic N) is 1. The molecule has 0 fully saturated rings. The van der Waals surface area contributed by atoms with Crippen LogP contribution in [-0.4, -0.2) is 34.2 Å². The molecule has 2 aromatic rings. The highest BCUT2D eigenvalue weighted by atomic mass is 35.5. The van der Waals surface area contributed by atoms with Crippen molar-refractivity contribution in [3.05, 3.63) is 53.6 Å². The molecule has 0 heterocycles. The molecule has 0 saturated carbocycles. The maximum Gasteiger partial charge on any atom is 0.232 e. The van der Waals surface area contributed by atoms with Crippen molar-refractivity contribution in [2.45, 2.75) is 12.8 Å². The van der Waals surface area contributed by atoms with Crippen molar-refractivity contribution >= 4 is 38.9 Å². The van der Waals surface area contributed by atoms with Gasteiger partial charge in [0.05, 0.1) is 24.1 Å². The number of benzene rings is 2. The van der Waals surface area contributed by atoms with Gasteiger partial charge in [-0.1, -0.05) is 29.8 Å². The fourth-order valence-electron chi connectivity index (χ4n) is 2.43. The van der Waals surface area contributed by atoms with E-state index in [0.717, 1.165) is 6.26 Å². The van der Waals surface area contributed by atoms with Gasteiger partial charge in [0.15, 0.2) is 0 Å². The van der Waals surface area contributed by atoms with E-state index in [1.807, 2.05) is 6.07 Å². The summed E-state index contributed by atoms with van der Waals surface area (Å²) in [5, 5.41) is 3.14. The highest BCUT2D eigenvalue weighted by Gasteiger charge is 2.17. The van der Waals surface area contributed by atoms with E-state index in [4.69, 9.17) is 16.3 Å². The summed E-state index contributed by atoms with van der Waals surface area (Å²) in [6.07, 6.45) is 1.72. The topological polar surface area (TPSA) is 75.7 Å². The zero-order valence-electron chi connectivity index (χ0n) is 14.6. The van der Waals surface area contributed by atoms with E-state index in [-0.39, 0.29) is 18.9 Å². The lowest BCUT2D eigenvalue weighted by Crippen LogP contribution is -2.31. The fourth-order valence-corrected chi connectivity index (χ4v) is 3.65. The van der Waals surface area contributed by atoms with Gasteiger partial charge in [0.1, 0.15) is 5.75 Å². The maximum absolute atomic E-state index is 12.1. The van der Waals surface area contributed by atoms with Gasteiger partial charge in [0.25, 0.3) is 0 Å². The second-order valence-electron chi connectivity index (χ2n) is 5.67. The van der Waals surface area contributed by atoms with Gasteiger partial charge >= 0.3 is 0 Å². The van der Waals surface area contributed by atoms with E-state index < -0.39 is 10.0 Å². The molecule has 0 atom stereocenters. The summed E-state index contributed by atoms with van der Waals surface area (Å²) in [4.78, 5) is 12.1. The molecular weight excluding hydrogens is 376 g/mol. The van der Waals surface area contributed by atoms with Crippen molar-refractivity contribution in [3.8, 4) is 5.75 Å². The minimum atomic E-state index is -3.42. The van der Waals surface area contributed by atoms with Crippen molar-refractivity contribution in [1.82, 2.24) is 0 Å². The van der Waals surface area contributed by atoms with Crippen molar-refractivity contribution in [2.75, 3.05) is 29.5 Å². The van der Waals surface area contributed by atoms with Crippen molar-refractivity contribution < 1.29 is 17.9 Å². The summed E-state index contributed by atoms with van der Waals surface area (Å²) in [7, 11) is -1.90. The number of para-hydroxylation sites is 1. The Morgan fingerprint density at radius 2 is 1.88 bits per heavy atom. The smallest absolute Gasteiger partial charge is 0.232 e. The number of rotatable bonds is 8. The zero-order chi connectivity index (χ0) is 19.2. The summed E-state index contributed by atoms with van der Waals surface area (Å²) >= 11 is 6.03. The second kappa shape index (κ2) is 8.91. The molecule has 2 aromatic carbocycles. The average Bonchev–Trinajstić information content (AvgIpc) is 2.58. The van der Waals surface area contributed by atoms with Gasteiger partial charge in [0, 0.05) is 18.7 Å². The number of sulfonamides is 1. The first-order valence-electron chi connectivity index (χ1n) is 7.97. The lowest BCUT2D eigenvalue weighted by Gasteiger charge is -2.22. The highest BCUT2D eigenvalue weighted by molar-refractivity contribution is 7.92. The zero-order valence-corrected chi connectivity index (χ0v) is 16.2. The molecule has 0 saturated heterocycles. The number of methoxy groups -OCH3 is 1. The number of carbonyl (C=O) groups excluding carboxylic acids is 1. The Hall–Kier alpha value is -2.25. The van der Waals surface area contributed by atoms with Crippen LogP contribution in [0.3, 0.4) is 0 Å². The van der Waals surface area contributed by atoms with E-state index in [0.29, 0.717) is 28.6 Å².